The average molecular weight is 274 g/mol. The molecule has 1 rings (SSSR count). The van der Waals surface area contributed by atoms with Crippen LogP contribution in [-0.2, 0) is 0 Å². The zero-order valence-corrected chi connectivity index (χ0v) is 9.82. The van der Waals surface area contributed by atoms with Crippen LogP contribution < -0.4 is 0 Å². The second-order valence-electron chi connectivity index (χ2n) is 2.15. The Morgan fingerprint density at radius 2 is 2.36 bits per heavy atom. The highest BCUT2D eigenvalue weighted by atomic mass is 79.9. The van der Waals surface area contributed by atoms with Gasteiger partial charge in [0.2, 0.25) is 0 Å². The van der Waals surface area contributed by atoms with Gasteiger partial charge >= 0.3 is 0 Å². The van der Waals surface area contributed by atoms with E-state index in [0.29, 0.717) is 0 Å². The minimum Gasteiger partial charge on any atom is -0.130 e. The third-order valence-electron chi connectivity index (χ3n) is 1.33. The van der Waals surface area contributed by atoms with Crippen molar-refractivity contribution in [1.29, 1.82) is 0 Å². The van der Waals surface area contributed by atoms with Crippen LogP contribution in [0, 0.1) is 0 Å². The molecule has 0 nitrogen and oxygen atoms in total. The molecule has 0 fully saturated rings. The summed E-state index contributed by atoms with van der Waals surface area (Å²) in [6, 6.07) is 1.91. The molecule has 0 aliphatic carbocycles. The molecule has 11 heavy (non-hydrogen) atoms. The van der Waals surface area contributed by atoms with E-state index in [-0.39, 0.29) is 5.38 Å². The van der Waals surface area contributed by atoms with E-state index in [1.54, 1.807) is 11.3 Å². The average Bonchev–Trinajstić information content (AvgIpc) is 2.31. The summed E-state index contributed by atoms with van der Waals surface area (Å²) >= 11 is 16.8. The number of halogens is 3. The fraction of sp³-hybridized carbons (Fsp3) is 0.429. The maximum absolute atomic E-state index is 6.01. The minimum atomic E-state index is 0.101. The van der Waals surface area contributed by atoms with Crippen molar-refractivity contribution in [3.05, 3.63) is 19.8 Å². The van der Waals surface area contributed by atoms with Crippen molar-refractivity contribution in [3.63, 3.8) is 0 Å². The van der Waals surface area contributed by atoms with E-state index in [1.165, 1.54) is 0 Å². The molecule has 62 valence electrons. The molecule has 0 saturated heterocycles. The lowest BCUT2D eigenvalue weighted by atomic mass is 10.3. The van der Waals surface area contributed by atoms with E-state index in [1.807, 2.05) is 6.07 Å². The number of hydrogen-bond donors (Lipinski definition) is 0. The second kappa shape index (κ2) is 4.13. The standard InChI is InChI=1S/C7H7BrCl2S/c1-2-4(9)6-3-5(10)7(8)11-6/h3-4H,2H2,1H3. The second-order valence-corrected chi connectivity index (χ2v) is 5.48. The molecule has 4 heteroatoms. The predicted molar refractivity (Wildman–Crippen MR) is 55.9 cm³/mol. The summed E-state index contributed by atoms with van der Waals surface area (Å²) in [7, 11) is 0. The van der Waals surface area contributed by atoms with Crippen molar-refractivity contribution in [2.75, 3.05) is 0 Å². The van der Waals surface area contributed by atoms with E-state index in [0.717, 1.165) is 20.1 Å². The van der Waals surface area contributed by atoms with Gasteiger partial charge in [-0.05, 0) is 28.4 Å². The fourth-order valence-corrected chi connectivity index (χ4v) is 2.72. The van der Waals surface area contributed by atoms with Crippen LogP contribution in [-0.4, -0.2) is 0 Å². The van der Waals surface area contributed by atoms with Gasteiger partial charge in [-0.1, -0.05) is 18.5 Å². The van der Waals surface area contributed by atoms with E-state index < -0.39 is 0 Å². The Hall–Kier alpha value is 0.760. The topological polar surface area (TPSA) is 0 Å². The Kier molecular flexibility index (Phi) is 3.69. The highest BCUT2D eigenvalue weighted by molar-refractivity contribution is 9.11. The molecule has 0 saturated carbocycles. The monoisotopic (exact) mass is 272 g/mol. The van der Waals surface area contributed by atoms with Gasteiger partial charge in [-0.2, -0.15) is 0 Å². The summed E-state index contributed by atoms with van der Waals surface area (Å²) in [4.78, 5) is 1.13. The Balaban J connectivity index is 2.88. The van der Waals surface area contributed by atoms with E-state index in [2.05, 4.69) is 22.9 Å². The molecule has 0 aliphatic rings. The van der Waals surface area contributed by atoms with Gasteiger partial charge in [0.05, 0.1) is 14.2 Å². The number of alkyl halides is 1. The van der Waals surface area contributed by atoms with Crippen molar-refractivity contribution in [1.82, 2.24) is 0 Å². The molecule has 0 radical (unpaired) electrons. The summed E-state index contributed by atoms with van der Waals surface area (Å²) in [5.74, 6) is 0. The quantitative estimate of drug-likeness (QED) is 0.676. The van der Waals surface area contributed by atoms with Crippen molar-refractivity contribution in [2.45, 2.75) is 18.7 Å². The lowest BCUT2D eigenvalue weighted by Gasteiger charge is -1.99. The number of rotatable bonds is 2. The van der Waals surface area contributed by atoms with Gasteiger partial charge in [-0.15, -0.1) is 22.9 Å². The van der Waals surface area contributed by atoms with Crippen LogP contribution in [0.15, 0.2) is 9.85 Å². The van der Waals surface area contributed by atoms with Crippen LogP contribution >= 0.6 is 50.5 Å². The van der Waals surface area contributed by atoms with Crippen LogP contribution in [0.5, 0.6) is 0 Å². The van der Waals surface area contributed by atoms with Gasteiger partial charge < -0.3 is 0 Å². The Labute approximate surface area is 88.6 Å². The largest absolute Gasteiger partial charge is 0.130 e. The first-order valence-corrected chi connectivity index (χ1v) is 5.66. The first-order chi connectivity index (χ1) is 5.15. The normalized spacial score (nSPS) is 13.5. The predicted octanol–water partition coefficient (Wildman–Crippen LogP) is 4.85. The van der Waals surface area contributed by atoms with E-state index in [4.69, 9.17) is 23.2 Å². The van der Waals surface area contributed by atoms with Crippen molar-refractivity contribution in [2.24, 2.45) is 0 Å². The fourth-order valence-electron chi connectivity index (χ4n) is 0.719. The van der Waals surface area contributed by atoms with Crippen LogP contribution in [0.25, 0.3) is 0 Å². The molecule has 1 aromatic rings. The Morgan fingerprint density at radius 1 is 1.73 bits per heavy atom. The van der Waals surface area contributed by atoms with Crippen molar-refractivity contribution in [3.8, 4) is 0 Å². The Morgan fingerprint density at radius 3 is 2.73 bits per heavy atom. The molecule has 0 aromatic carbocycles. The number of thiophene rings is 1. The molecule has 0 N–H and O–H groups in total. The van der Waals surface area contributed by atoms with E-state index in [9.17, 15) is 0 Å². The summed E-state index contributed by atoms with van der Waals surface area (Å²) < 4.78 is 0.966. The molecular formula is C7H7BrCl2S. The van der Waals surface area contributed by atoms with Crippen LogP contribution in [0.3, 0.4) is 0 Å². The Bertz CT molecular complexity index is 227. The third kappa shape index (κ3) is 2.35. The number of hydrogen-bond acceptors (Lipinski definition) is 1. The van der Waals surface area contributed by atoms with Crippen LogP contribution in [0.2, 0.25) is 5.02 Å². The highest BCUT2D eigenvalue weighted by Crippen LogP contribution is 2.38. The maximum atomic E-state index is 6.01. The maximum Gasteiger partial charge on any atom is 0.0887 e. The molecule has 0 bridgehead atoms. The lowest BCUT2D eigenvalue weighted by Crippen LogP contribution is -1.80. The summed E-state index contributed by atoms with van der Waals surface area (Å²) in [6.45, 7) is 2.05. The highest BCUT2D eigenvalue weighted by Gasteiger charge is 2.10. The first-order valence-electron chi connectivity index (χ1n) is 3.24. The smallest absolute Gasteiger partial charge is 0.0887 e. The van der Waals surface area contributed by atoms with Crippen molar-refractivity contribution < 1.29 is 0 Å². The molecular weight excluding hydrogens is 267 g/mol. The molecule has 1 heterocycles. The van der Waals surface area contributed by atoms with Gasteiger partial charge in [-0.25, -0.2) is 0 Å². The summed E-state index contributed by atoms with van der Waals surface area (Å²) in [5, 5.41) is 0.855. The van der Waals surface area contributed by atoms with Crippen molar-refractivity contribution >= 4 is 50.5 Å². The molecule has 0 spiro atoms. The SMILES string of the molecule is CCC(Cl)c1cc(Cl)c(Br)s1. The molecule has 1 aromatic heterocycles. The zero-order chi connectivity index (χ0) is 8.43. The molecule has 1 atom stereocenters. The zero-order valence-electron chi connectivity index (χ0n) is 5.90. The summed E-state index contributed by atoms with van der Waals surface area (Å²) in [5.41, 5.74) is 0. The van der Waals surface area contributed by atoms with Gasteiger partial charge in [0, 0.05) is 4.88 Å². The van der Waals surface area contributed by atoms with Gasteiger partial charge in [0.25, 0.3) is 0 Å². The molecule has 1 unspecified atom stereocenters. The minimum absolute atomic E-state index is 0.101. The van der Waals surface area contributed by atoms with Gasteiger partial charge in [0.1, 0.15) is 0 Å². The van der Waals surface area contributed by atoms with Crippen LogP contribution in [0.1, 0.15) is 23.6 Å². The molecule has 0 aliphatic heterocycles. The van der Waals surface area contributed by atoms with Gasteiger partial charge in [-0.3, -0.25) is 0 Å². The van der Waals surface area contributed by atoms with E-state index >= 15 is 0 Å². The molecule has 0 amide bonds. The first kappa shape index (κ1) is 9.85. The summed E-state index contributed by atoms with van der Waals surface area (Å²) in [6.07, 6.45) is 0.935. The van der Waals surface area contributed by atoms with Crippen LogP contribution in [0.4, 0.5) is 0 Å². The third-order valence-corrected chi connectivity index (χ3v) is 4.59. The lowest BCUT2D eigenvalue weighted by molar-refractivity contribution is 0.901. The van der Waals surface area contributed by atoms with Gasteiger partial charge in [0.15, 0.2) is 0 Å².